The van der Waals surface area contributed by atoms with Crippen LogP contribution < -0.4 is 11.1 Å². The summed E-state index contributed by atoms with van der Waals surface area (Å²) in [5.41, 5.74) is 6.73. The number of benzene rings is 1. The summed E-state index contributed by atoms with van der Waals surface area (Å²) in [7, 11) is 0. The lowest BCUT2D eigenvalue weighted by atomic mass is 10.1. The van der Waals surface area contributed by atoms with E-state index < -0.39 is 11.5 Å². The molecule has 29 heavy (non-hydrogen) atoms. The smallest absolute Gasteiger partial charge is 0.328 e. The van der Waals surface area contributed by atoms with E-state index in [1.807, 2.05) is 0 Å². The number of carbonyl (C=O) groups is 2. The van der Waals surface area contributed by atoms with Gasteiger partial charge in [0.2, 0.25) is 0 Å². The van der Waals surface area contributed by atoms with Crippen molar-refractivity contribution in [1.29, 1.82) is 0 Å². The lowest BCUT2D eigenvalue weighted by Gasteiger charge is -2.19. The predicted octanol–water partition coefficient (Wildman–Crippen LogP) is 3.37. The van der Waals surface area contributed by atoms with E-state index in [4.69, 9.17) is 26.5 Å². The molecule has 10 heteroatoms. The van der Waals surface area contributed by atoms with Gasteiger partial charge in [0, 0.05) is 11.8 Å². The topological polar surface area (TPSA) is 125 Å². The average Bonchev–Trinajstić information content (AvgIpc) is 3.24. The molecule has 0 aliphatic heterocycles. The van der Waals surface area contributed by atoms with Crippen LogP contribution in [0.3, 0.4) is 0 Å². The van der Waals surface area contributed by atoms with E-state index in [2.05, 4.69) is 15.4 Å². The van der Waals surface area contributed by atoms with E-state index >= 15 is 0 Å². The number of halogens is 1. The molecule has 152 valence electrons. The van der Waals surface area contributed by atoms with Crippen molar-refractivity contribution < 1.29 is 18.7 Å². The number of nitrogen functional groups attached to an aromatic ring is 1. The molecule has 0 bridgehead atoms. The number of oxazole rings is 1. The first-order chi connectivity index (χ1) is 13.6. The number of nitrogens with zero attached hydrogens (tertiary/aromatic N) is 3. The van der Waals surface area contributed by atoms with Gasteiger partial charge < -0.3 is 20.2 Å². The summed E-state index contributed by atoms with van der Waals surface area (Å²) in [6, 6.07) is 5.02. The molecule has 2 heterocycles. The molecular weight excluding hydrogens is 398 g/mol. The molecule has 0 aliphatic carbocycles. The molecule has 3 aromatic rings. The van der Waals surface area contributed by atoms with Crippen LogP contribution in [0.2, 0.25) is 5.02 Å². The van der Waals surface area contributed by atoms with Gasteiger partial charge in [-0.2, -0.15) is 10.1 Å². The van der Waals surface area contributed by atoms with Gasteiger partial charge >= 0.3 is 5.97 Å². The third-order valence-electron chi connectivity index (χ3n) is 3.65. The lowest BCUT2D eigenvalue weighted by Crippen LogP contribution is -2.26. The summed E-state index contributed by atoms with van der Waals surface area (Å²) in [5.74, 6) is -0.895. The van der Waals surface area contributed by atoms with Gasteiger partial charge in [0.25, 0.3) is 11.9 Å². The van der Waals surface area contributed by atoms with Crippen LogP contribution in [0.5, 0.6) is 0 Å². The summed E-state index contributed by atoms with van der Waals surface area (Å²) in [4.78, 5) is 28.0. The monoisotopic (exact) mass is 417 g/mol. The Morgan fingerprint density at radius 1 is 1.31 bits per heavy atom. The van der Waals surface area contributed by atoms with Crippen LogP contribution >= 0.6 is 11.6 Å². The third-order valence-corrected chi connectivity index (χ3v) is 3.98. The number of amides is 1. The van der Waals surface area contributed by atoms with E-state index in [1.54, 1.807) is 51.4 Å². The first-order valence-electron chi connectivity index (χ1n) is 8.67. The number of aromatic nitrogens is 3. The minimum Gasteiger partial charge on any atom is -0.459 e. The van der Waals surface area contributed by atoms with E-state index in [0.717, 1.165) is 17.4 Å². The zero-order valence-electron chi connectivity index (χ0n) is 16.1. The van der Waals surface area contributed by atoms with Gasteiger partial charge in [-0.05, 0) is 38.5 Å². The minimum atomic E-state index is -0.565. The van der Waals surface area contributed by atoms with Gasteiger partial charge in [0.1, 0.15) is 18.4 Å². The Morgan fingerprint density at radius 3 is 2.72 bits per heavy atom. The van der Waals surface area contributed by atoms with E-state index in [9.17, 15) is 9.59 Å². The zero-order chi connectivity index (χ0) is 21.2. The van der Waals surface area contributed by atoms with Crippen LogP contribution in [0.25, 0.3) is 11.1 Å². The van der Waals surface area contributed by atoms with Gasteiger partial charge in [0.15, 0.2) is 5.69 Å². The second kappa shape index (κ2) is 7.96. The maximum atomic E-state index is 12.3. The van der Waals surface area contributed by atoms with E-state index in [1.165, 1.54) is 4.68 Å². The fourth-order valence-electron chi connectivity index (χ4n) is 2.48. The molecule has 0 aliphatic rings. The fourth-order valence-corrected chi connectivity index (χ4v) is 2.65. The standard InChI is InChI=1S/C19H20ClN5O4/c1-19(2,3)29-16(26)9-25-8-12(7-22-25)11-4-5-13(20)14(6-11)23-17(27)15-10-28-18(21)24-15/h4-8,10H,9H2,1-3H3,(H2,21,24)(H,23,27). The maximum Gasteiger partial charge on any atom is 0.328 e. The molecule has 0 spiro atoms. The number of nitrogens with one attached hydrogen (secondary N) is 1. The Bertz CT molecular complexity index is 1050. The van der Waals surface area contributed by atoms with Crippen molar-refractivity contribution in [3.05, 3.63) is 47.6 Å². The molecule has 2 aromatic heterocycles. The first kappa shape index (κ1) is 20.4. The van der Waals surface area contributed by atoms with Crippen LogP contribution in [0.1, 0.15) is 31.3 Å². The SMILES string of the molecule is CC(C)(C)OC(=O)Cn1cc(-c2ccc(Cl)c(NC(=O)c3coc(N)n3)c2)cn1. The van der Waals surface area contributed by atoms with Crippen LogP contribution in [-0.2, 0) is 16.1 Å². The zero-order valence-corrected chi connectivity index (χ0v) is 16.9. The maximum absolute atomic E-state index is 12.3. The number of hydrogen-bond acceptors (Lipinski definition) is 7. The Labute approximate surface area is 171 Å². The van der Waals surface area contributed by atoms with E-state index in [0.29, 0.717) is 10.7 Å². The summed E-state index contributed by atoms with van der Waals surface area (Å²) in [6.45, 7) is 5.39. The number of carbonyl (C=O) groups excluding carboxylic acids is 2. The molecule has 0 fully saturated rings. The molecule has 3 rings (SSSR count). The molecular formula is C19H20ClN5O4. The second-order valence-electron chi connectivity index (χ2n) is 7.23. The van der Waals surface area contributed by atoms with Gasteiger partial charge in [-0.1, -0.05) is 17.7 Å². The molecule has 0 radical (unpaired) electrons. The number of esters is 1. The van der Waals surface area contributed by atoms with Gasteiger partial charge in [-0.3, -0.25) is 14.3 Å². The highest BCUT2D eigenvalue weighted by atomic mass is 35.5. The highest BCUT2D eigenvalue weighted by Crippen LogP contribution is 2.29. The summed E-state index contributed by atoms with van der Waals surface area (Å²) >= 11 is 6.19. The molecule has 3 N–H and O–H groups in total. The Kier molecular flexibility index (Phi) is 5.60. The number of rotatable bonds is 5. The molecule has 0 saturated carbocycles. The first-order valence-corrected chi connectivity index (χ1v) is 9.05. The molecule has 1 amide bonds. The van der Waals surface area contributed by atoms with Crippen molar-refractivity contribution in [3.8, 4) is 11.1 Å². The second-order valence-corrected chi connectivity index (χ2v) is 7.64. The summed E-state index contributed by atoms with van der Waals surface area (Å²) < 4.78 is 11.6. The predicted molar refractivity (Wildman–Crippen MR) is 107 cm³/mol. The van der Waals surface area contributed by atoms with Crippen molar-refractivity contribution >= 4 is 35.2 Å². The van der Waals surface area contributed by atoms with Crippen LogP contribution in [-0.4, -0.2) is 32.2 Å². The molecule has 0 unspecified atom stereocenters. The van der Waals surface area contributed by atoms with Crippen LogP contribution in [0.15, 0.2) is 41.3 Å². The number of anilines is 2. The molecule has 1 aromatic carbocycles. The third kappa shape index (κ3) is 5.35. The normalized spacial score (nSPS) is 11.3. The van der Waals surface area contributed by atoms with Crippen molar-refractivity contribution in [2.45, 2.75) is 32.9 Å². The van der Waals surface area contributed by atoms with Crippen molar-refractivity contribution in [2.24, 2.45) is 0 Å². The highest BCUT2D eigenvalue weighted by Gasteiger charge is 2.17. The van der Waals surface area contributed by atoms with Crippen molar-refractivity contribution in [2.75, 3.05) is 11.1 Å². The minimum absolute atomic E-state index is 0.0119. The Morgan fingerprint density at radius 2 is 2.07 bits per heavy atom. The fraction of sp³-hybridized carbons (Fsp3) is 0.263. The largest absolute Gasteiger partial charge is 0.459 e. The summed E-state index contributed by atoms with van der Waals surface area (Å²) in [5, 5.41) is 7.20. The summed E-state index contributed by atoms with van der Waals surface area (Å²) in [6.07, 6.45) is 4.47. The van der Waals surface area contributed by atoms with Crippen LogP contribution in [0, 0.1) is 0 Å². The molecule has 0 atom stereocenters. The quantitative estimate of drug-likeness (QED) is 0.609. The lowest BCUT2D eigenvalue weighted by molar-refractivity contribution is -0.155. The molecule has 0 saturated heterocycles. The number of ether oxygens (including phenoxy) is 1. The highest BCUT2D eigenvalue weighted by molar-refractivity contribution is 6.34. The van der Waals surface area contributed by atoms with Gasteiger partial charge in [-0.15, -0.1) is 0 Å². The van der Waals surface area contributed by atoms with Gasteiger partial charge in [-0.25, -0.2) is 0 Å². The average molecular weight is 418 g/mol. The Balaban J connectivity index is 1.75. The van der Waals surface area contributed by atoms with Crippen LogP contribution in [0.4, 0.5) is 11.7 Å². The number of nitrogens with two attached hydrogens (primary N) is 1. The van der Waals surface area contributed by atoms with Crippen molar-refractivity contribution in [3.63, 3.8) is 0 Å². The molecule has 9 nitrogen and oxygen atoms in total. The van der Waals surface area contributed by atoms with Gasteiger partial charge in [0.05, 0.1) is 16.9 Å². The number of hydrogen-bond donors (Lipinski definition) is 2. The van der Waals surface area contributed by atoms with Crippen molar-refractivity contribution in [1.82, 2.24) is 14.8 Å². The van der Waals surface area contributed by atoms with E-state index in [-0.39, 0.29) is 24.2 Å². The Hall–Kier alpha value is -3.33.